The Morgan fingerprint density at radius 1 is 1.47 bits per heavy atom. The zero-order chi connectivity index (χ0) is 14.0. The predicted octanol–water partition coefficient (Wildman–Crippen LogP) is 2.55. The van der Waals surface area contributed by atoms with Gasteiger partial charge < -0.3 is 4.57 Å². The topological polar surface area (TPSA) is 71.6 Å². The Morgan fingerprint density at radius 2 is 2.21 bits per heavy atom. The van der Waals surface area contributed by atoms with Gasteiger partial charge in [0.25, 0.3) is 0 Å². The van der Waals surface area contributed by atoms with E-state index >= 15 is 0 Å². The summed E-state index contributed by atoms with van der Waals surface area (Å²) in [6, 6.07) is 3.68. The van der Waals surface area contributed by atoms with Gasteiger partial charge in [-0.25, -0.2) is 9.97 Å². The second-order valence-electron chi connectivity index (χ2n) is 5.73. The average molecular weight is 256 g/mol. The number of aromatic nitrogens is 3. The Bertz CT molecular complexity index is 658. The van der Waals surface area contributed by atoms with Crippen LogP contribution < -0.4 is 0 Å². The highest BCUT2D eigenvalue weighted by Gasteiger charge is 2.15. The van der Waals surface area contributed by atoms with Crippen LogP contribution in [0.1, 0.15) is 43.5 Å². The molecule has 0 fully saturated rings. The summed E-state index contributed by atoms with van der Waals surface area (Å²) in [5, 5.41) is 9.64. The monoisotopic (exact) mass is 256 g/mol. The number of hydrogen-bond donors (Lipinski definition) is 0. The van der Waals surface area contributed by atoms with Crippen LogP contribution in [-0.4, -0.2) is 20.8 Å². The van der Waals surface area contributed by atoms with Gasteiger partial charge in [-0.15, -0.1) is 0 Å². The molecule has 2 aromatic heterocycles. The van der Waals surface area contributed by atoms with Crippen molar-refractivity contribution in [3.05, 3.63) is 23.8 Å². The molecule has 0 bridgehead atoms. The van der Waals surface area contributed by atoms with Gasteiger partial charge in [0.2, 0.25) is 5.82 Å². The Hall–Kier alpha value is -2.22. The van der Waals surface area contributed by atoms with Gasteiger partial charge >= 0.3 is 0 Å². The van der Waals surface area contributed by atoms with Crippen molar-refractivity contribution in [2.75, 3.05) is 0 Å². The molecular weight excluding hydrogens is 240 g/mol. The first-order valence-electron chi connectivity index (χ1n) is 6.16. The SMILES string of the molecule is CC(C)(C)CCn1c(C=O)cc2cnc(C#N)nc21. The molecule has 0 saturated heterocycles. The lowest BCUT2D eigenvalue weighted by Gasteiger charge is -2.19. The quantitative estimate of drug-likeness (QED) is 0.791. The third-order valence-electron chi connectivity index (χ3n) is 2.97. The molecule has 0 aliphatic rings. The fourth-order valence-electron chi connectivity index (χ4n) is 1.89. The van der Waals surface area contributed by atoms with Crippen molar-refractivity contribution < 1.29 is 4.79 Å². The zero-order valence-electron chi connectivity index (χ0n) is 11.3. The van der Waals surface area contributed by atoms with E-state index < -0.39 is 0 Å². The lowest BCUT2D eigenvalue weighted by atomic mass is 9.92. The lowest BCUT2D eigenvalue weighted by molar-refractivity contribution is 0.111. The summed E-state index contributed by atoms with van der Waals surface area (Å²) in [5.41, 5.74) is 1.39. The largest absolute Gasteiger partial charge is 0.323 e. The van der Waals surface area contributed by atoms with Crippen LogP contribution in [0, 0.1) is 16.7 Å². The third kappa shape index (κ3) is 2.79. The van der Waals surface area contributed by atoms with Crippen molar-refractivity contribution in [1.82, 2.24) is 14.5 Å². The van der Waals surface area contributed by atoms with Crippen LogP contribution in [0.25, 0.3) is 11.0 Å². The highest BCUT2D eigenvalue weighted by Crippen LogP contribution is 2.23. The molecule has 5 heteroatoms. The molecule has 0 aliphatic carbocycles. The summed E-state index contributed by atoms with van der Waals surface area (Å²) >= 11 is 0. The number of carbonyl (C=O) groups excluding carboxylic acids is 1. The first-order valence-corrected chi connectivity index (χ1v) is 6.16. The minimum Gasteiger partial charge on any atom is -0.323 e. The molecule has 0 saturated carbocycles. The number of nitrogens with zero attached hydrogens (tertiary/aromatic N) is 4. The van der Waals surface area contributed by atoms with E-state index in [1.54, 1.807) is 12.3 Å². The summed E-state index contributed by atoms with van der Waals surface area (Å²) in [7, 11) is 0. The number of rotatable bonds is 3. The highest BCUT2D eigenvalue weighted by atomic mass is 16.1. The maximum absolute atomic E-state index is 11.1. The fraction of sp³-hybridized carbons (Fsp3) is 0.429. The highest BCUT2D eigenvalue weighted by molar-refractivity contribution is 5.86. The van der Waals surface area contributed by atoms with E-state index in [9.17, 15) is 4.79 Å². The molecule has 0 N–H and O–H groups in total. The number of nitriles is 1. The Labute approximate surface area is 111 Å². The number of hydrogen-bond acceptors (Lipinski definition) is 4. The molecule has 0 aliphatic heterocycles. The number of fused-ring (bicyclic) bond motifs is 1. The molecule has 2 rings (SSSR count). The molecule has 0 atom stereocenters. The van der Waals surface area contributed by atoms with E-state index in [-0.39, 0.29) is 11.2 Å². The summed E-state index contributed by atoms with van der Waals surface area (Å²) < 4.78 is 1.86. The van der Waals surface area contributed by atoms with E-state index in [4.69, 9.17) is 5.26 Å². The third-order valence-corrected chi connectivity index (χ3v) is 2.97. The Kier molecular flexibility index (Phi) is 3.34. The van der Waals surface area contributed by atoms with Crippen molar-refractivity contribution in [2.45, 2.75) is 33.7 Å². The number of carbonyl (C=O) groups is 1. The Morgan fingerprint density at radius 3 is 2.79 bits per heavy atom. The summed E-state index contributed by atoms with van der Waals surface area (Å²) in [6.45, 7) is 7.14. The van der Waals surface area contributed by atoms with Crippen LogP contribution in [-0.2, 0) is 6.54 Å². The van der Waals surface area contributed by atoms with Gasteiger partial charge in [0.15, 0.2) is 6.29 Å². The number of aryl methyl sites for hydroxylation is 1. The van der Waals surface area contributed by atoms with Crippen LogP contribution in [0.3, 0.4) is 0 Å². The van der Waals surface area contributed by atoms with Gasteiger partial charge in [0, 0.05) is 18.1 Å². The van der Waals surface area contributed by atoms with Gasteiger partial charge in [0.05, 0.1) is 5.69 Å². The predicted molar refractivity (Wildman–Crippen MR) is 71.7 cm³/mol. The average Bonchev–Trinajstić information content (AvgIpc) is 2.72. The van der Waals surface area contributed by atoms with E-state index in [0.717, 1.165) is 18.1 Å². The maximum Gasteiger partial charge on any atom is 0.234 e. The Balaban J connectivity index is 2.50. The van der Waals surface area contributed by atoms with Crippen LogP contribution in [0.4, 0.5) is 0 Å². The van der Waals surface area contributed by atoms with Crippen LogP contribution in [0.2, 0.25) is 0 Å². The first kappa shape index (κ1) is 13.2. The summed E-state index contributed by atoms with van der Waals surface area (Å²) in [6.07, 6.45) is 3.32. The smallest absolute Gasteiger partial charge is 0.234 e. The van der Waals surface area contributed by atoms with Gasteiger partial charge in [-0.1, -0.05) is 20.8 Å². The second kappa shape index (κ2) is 4.81. The molecule has 98 valence electrons. The molecule has 19 heavy (non-hydrogen) atoms. The van der Waals surface area contributed by atoms with E-state index in [2.05, 4.69) is 30.7 Å². The van der Waals surface area contributed by atoms with Gasteiger partial charge in [-0.2, -0.15) is 5.26 Å². The van der Waals surface area contributed by atoms with E-state index in [1.807, 2.05) is 10.6 Å². The summed E-state index contributed by atoms with van der Waals surface area (Å²) in [5.74, 6) is 0.125. The molecule has 0 radical (unpaired) electrons. The molecule has 0 spiro atoms. The van der Waals surface area contributed by atoms with Crippen molar-refractivity contribution in [3.8, 4) is 6.07 Å². The van der Waals surface area contributed by atoms with Gasteiger partial charge in [-0.05, 0) is 17.9 Å². The van der Waals surface area contributed by atoms with Crippen molar-refractivity contribution in [2.24, 2.45) is 5.41 Å². The molecule has 0 aromatic carbocycles. The van der Waals surface area contributed by atoms with Crippen LogP contribution >= 0.6 is 0 Å². The fourth-order valence-corrected chi connectivity index (χ4v) is 1.89. The van der Waals surface area contributed by atoms with E-state index in [0.29, 0.717) is 17.9 Å². The lowest BCUT2D eigenvalue weighted by Crippen LogP contribution is -2.12. The van der Waals surface area contributed by atoms with Gasteiger partial charge in [0.1, 0.15) is 11.7 Å². The van der Waals surface area contributed by atoms with Crippen molar-refractivity contribution in [1.29, 1.82) is 5.26 Å². The molecule has 2 aromatic rings. The first-order chi connectivity index (χ1) is 8.94. The molecule has 0 amide bonds. The van der Waals surface area contributed by atoms with Gasteiger partial charge in [-0.3, -0.25) is 4.79 Å². The number of aldehydes is 1. The normalized spacial score (nSPS) is 11.5. The minimum absolute atomic E-state index is 0.125. The zero-order valence-corrected chi connectivity index (χ0v) is 11.3. The molecule has 5 nitrogen and oxygen atoms in total. The summed E-state index contributed by atoms with van der Waals surface area (Å²) in [4.78, 5) is 19.3. The van der Waals surface area contributed by atoms with Crippen molar-refractivity contribution >= 4 is 17.3 Å². The molecule has 0 unspecified atom stereocenters. The maximum atomic E-state index is 11.1. The molecular formula is C14H16N4O. The van der Waals surface area contributed by atoms with E-state index in [1.165, 1.54) is 0 Å². The second-order valence-corrected chi connectivity index (χ2v) is 5.73. The van der Waals surface area contributed by atoms with Crippen molar-refractivity contribution in [3.63, 3.8) is 0 Å². The standard InChI is InChI=1S/C14H16N4O/c1-14(2,3)4-5-18-11(9-19)6-10-8-16-12(7-15)17-13(10)18/h6,8-9H,4-5H2,1-3H3. The minimum atomic E-state index is 0.125. The van der Waals surface area contributed by atoms with Crippen LogP contribution in [0.15, 0.2) is 12.3 Å². The van der Waals surface area contributed by atoms with Crippen LogP contribution in [0.5, 0.6) is 0 Å². The molecule has 2 heterocycles.